The SMILES string of the molecule is COc1cc(-c2ccc3ncc(C(=O)C4CC4)c(N4CCCCC4)c3c2)cc(C)c1O. The lowest BCUT2D eigenvalue weighted by molar-refractivity contribution is 0.0968. The van der Waals surface area contributed by atoms with Gasteiger partial charge in [-0.05, 0) is 80.0 Å². The van der Waals surface area contributed by atoms with Gasteiger partial charge in [0.25, 0.3) is 0 Å². The highest BCUT2D eigenvalue weighted by molar-refractivity contribution is 6.10. The summed E-state index contributed by atoms with van der Waals surface area (Å²) in [7, 11) is 1.56. The molecule has 0 bridgehead atoms. The fourth-order valence-corrected chi connectivity index (χ4v) is 4.63. The molecule has 0 amide bonds. The Morgan fingerprint density at radius 3 is 2.58 bits per heavy atom. The second-order valence-electron chi connectivity index (χ2n) is 8.78. The molecule has 1 N–H and O–H groups in total. The molecule has 2 aliphatic rings. The third kappa shape index (κ3) is 3.62. The molecule has 3 aromatic rings. The summed E-state index contributed by atoms with van der Waals surface area (Å²) in [5.74, 6) is 1.03. The molecule has 5 nitrogen and oxygen atoms in total. The van der Waals surface area contributed by atoms with Gasteiger partial charge in [0, 0.05) is 30.6 Å². The number of aromatic hydroxyl groups is 1. The predicted octanol–water partition coefficient (Wildman–Crippen LogP) is 5.51. The monoisotopic (exact) mass is 416 g/mol. The molecule has 2 heterocycles. The van der Waals surface area contributed by atoms with Crippen molar-refractivity contribution in [2.24, 2.45) is 5.92 Å². The van der Waals surface area contributed by atoms with Crippen LogP contribution in [0.4, 0.5) is 5.69 Å². The van der Waals surface area contributed by atoms with Crippen LogP contribution in [-0.4, -0.2) is 36.1 Å². The first kappa shape index (κ1) is 19.9. The number of Topliss-reactive ketones (excluding diaryl/α,β-unsaturated/α-hetero) is 1. The largest absolute Gasteiger partial charge is 0.504 e. The number of hydrogen-bond donors (Lipinski definition) is 1. The van der Waals surface area contributed by atoms with E-state index < -0.39 is 0 Å². The second kappa shape index (κ2) is 7.88. The summed E-state index contributed by atoms with van der Waals surface area (Å²) >= 11 is 0. The van der Waals surface area contributed by atoms with Gasteiger partial charge in [-0.2, -0.15) is 0 Å². The molecule has 1 aliphatic carbocycles. The first-order valence-corrected chi connectivity index (χ1v) is 11.2. The van der Waals surface area contributed by atoms with Crippen molar-refractivity contribution in [3.8, 4) is 22.6 Å². The first-order chi connectivity index (χ1) is 15.1. The molecular weight excluding hydrogens is 388 g/mol. The normalized spacial score (nSPS) is 16.5. The molecule has 5 rings (SSSR count). The minimum Gasteiger partial charge on any atom is -0.504 e. The zero-order valence-electron chi connectivity index (χ0n) is 18.1. The molecule has 5 heteroatoms. The highest BCUT2D eigenvalue weighted by atomic mass is 16.5. The molecule has 1 aromatic heterocycles. The van der Waals surface area contributed by atoms with Gasteiger partial charge in [0.15, 0.2) is 17.3 Å². The van der Waals surface area contributed by atoms with Crippen LogP contribution in [0.2, 0.25) is 0 Å². The van der Waals surface area contributed by atoms with Crippen molar-refractivity contribution in [2.75, 3.05) is 25.1 Å². The average molecular weight is 417 g/mol. The Hall–Kier alpha value is -3.08. The van der Waals surface area contributed by atoms with Crippen molar-refractivity contribution < 1.29 is 14.6 Å². The highest BCUT2D eigenvalue weighted by Crippen LogP contribution is 2.41. The molecule has 2 fully saturated rings. The number of piperidine rings is 1. The molecule has 1 saturated carbocycles. The van der Waals surface area contributed by atoms with Crippen molar-refractivity contribution in [3.63, 3.8) is 0 Å². The number of carbonyl (C=O) groups excluding carboxylic acids is 1. The topological polar surface area (TPSA) is 62.7 Å². The van der Waals surface area contributed by atoms with Gasteiger partial charge in [0.1, 0.15) is 0 Å². The van der Waals surface area contributed by atoms with Crippen LogP contribution in [0.1, 0.15) is 48.0 Å². The zero-order valence-corrected chi connectivity index (χ0v) is 18.1. The lowest BCUT2D eigenvalue weighted by Crippen LogP contribution is -2.31. The summed E-state index contributed by atoms with van der Waals surface area (Å²) in [6, 6.07) is 10.0. The van der Waals surface area contributed by atoms with E-state index in [0.717, 1.165) is 77.6 Å². The van der Waals surface area contributed by atoms with Gasteiger partial charge < -0.3 is 14.7 Å². The number of anilines is 1. The van der Waals surface area contributed by atoms with Gasteiger partial charge in [-0.1, -0.05) is 6.07 Å². The number of ether oxygens (including phenoxy) is 1. The van der Waals surface area contributed by atoms with Crippen LogP contribution < -0.4 is 9.64 Å². The summed E-state index contributed by atoms with van der Waals surface area (Å²) in [4.78, 5) is 20.2. The molecular formula is C26H28N2O3. The molecule has 31 heavy (non-hydrogen) atoms. The van der Waals surface area contributed by atoms with Crippen LogP contribution in [0.5, 0.6) is 11.5 Å². The number of phenols is 1. The van der Waals surface area contributed by atoms with Crippen LogP contribution in [0, 0.1) is 12.8 Å². The Morgan fingerprint density at radius 2 is 1.87 bits per heavy atom. The van der Waals surface area contributed by atoms with E-state index in [1.165, 1.54) is 6.42 Å². The maximum Gasteiger partial charge on any atom is 0.169 e. The average Bonchev–Trinajstić information content (AvgIpc) is 3.65. The number of nitrogens with zero attached hydrogens (tertiary/aromatic N) is 2. The molecule has 0 radical (unpaired) electrons. The number of carbonyl (C=O) groups is 1. The molecule has 0 spiro atoms. The number of ketones is 1. The Labute approximate surface area is 182 Å². The van der Waals surface area contributed by atoms with E-state index in [2.05, 4.69) is 16.0 Å². The number of hydrogen-bond acceptors (Lipinski definition) is 5. The van der Waals surface area contributed by atoms with Crippen molar-refractivity contribution >= 4 is 22.4 Å². The number of phenolic OH excluding ortho intramolecular Hbond substituents is 1. The maximum absolute atomic E-state index is 13.1. The maximum atomic E-state index is 13.1. The molecule has 0 unspecified atom stereocenters. The van der Waals surface area contributed by atoms with Crippen molar-refractivity contribution in [2.45, 2.75) is 39.0 Å². The van der Waals surface area contributed by atoms with E-state index in [-0.39, 0.29) is 17.5 Å². The van der Waals surface area contributed by atoms with Crippen molar-refractivity contribution in [1.82, 2.24) is 4.98 Å². The minimum absolute atomic E-state index is 0.162. The van der Waals surface area contributed by atoms with Crippen LogP contribution in [-0.2, 0) is 0 Å². The predicted molar refractivity (Wildman–Crippen MR) is 123 cm³/mol. The highest BCUT2D eigenvalue weighted by Gasteiger charge is 2.33. The number of fused-ring (bicyclic) bond motifs is 1. The van der Waals surface area contributed by atoms with E-state index in [9.17, 15) is 9.90 Å². The lowest BCUT2D eigenvalue weighted by atomic mass is 9.96. The zero-order chi connectivity index (χ0) is 21.5. The van der Waals surface area contributed by atoms with Crippen molar-refractivity contribution in [1.29, 1.82) is 0 Å². The number of methoxy groups -OCH3 is 1. The fourth-order valence-electron chi connectivity index (χ4n) is 4.63. The van der Waals surface area contributed by atoms with Gasteiger partial charge >= 0.3 is 0 Å². The van der Waals surface area contributed by atoms with Gasteiger partial charge in [-0.3, -0.25) is 9.78 Å². The third-order valence-corrected chi connectivity index (χ3v) is 6.54. The Bertz CT molecular complexity index is 1160. The van der Waals surface area contributed by atoms with Gasteiger partial charge in [-0.15, -0.1) is 0 Å². The molecule has 1 aliphatic heterocycles. The Morgan fingerprint density at radius 1 is 1.10 bits per heavy atom. The number of aromatic nitrogens is 1. The summed E-state index contributed by atoms with van der Waals surface area (Å²) in [5, 5.41) is 11.3. The van der Waals surface area contributed by atoms with E-state index >= 15 is 0 Å². The first-order valence-electron chi connectivity index (χ1n) is 11.2. The van der Waals surface area contributed by atoms with E-state index in [1.807, 2.05) is 31.2 Å². The van der Waals surface area contributed by atoms with E-state index in [4.69, 9.17) is 4.74 Å². The van der Waals surface area contributed by atoms with E-state index in [0.29, 0.717) is 5.75 Å². The summed E-state index contributed by atoms with van der Waals surface area (Å²) < 4.78 is 5.36. The quantitative estimate of drug-likeness (QED) is 0.556. The number of aryl methyl sites for hydroxylation is 1. The lowest BCUT2D eigenvalue weighted by Gasteiger charge is -2.31. The van der Waals surface area contributed by atoms with Crippen LogP contribution in [0.15, 0.2) is 36.5 Å². The summed E-state index contributed by atoms with van der Waals surface area (Å²) in [5.41, 5.74) is 5.47. The molecule has 0 atom stereocenters. The number of pyridine rings is 1. The smallest absolute Gasteiger partial charge is 0.169 e. The van der Waals surface area contributed by atoms with Gasteiger partial charge in [-0.25, -0.2) is 0 Å². The fraction of sp³-hybridized carbons (Fsp3) is 0.385. The van der Waals surface area contributed by atoms with E-state index in [1.54, 1.807) is 13.3 Å². The third-order valence-electron chi connectivity index (χ3n) is 6.54. The Kier molecular flexibility index (Phi) is 5.05. The number of rotatable bonds is 5. The molecule has 2 aromatic carbocycles. The van der Waals surface area contributed by atoms with Crippen molar-refractivity contribution in [3.05, 3.63) is 47.7 Å². The molecule has 160 valence electrons. The molecule has 1 saturated heterocycles. The minimum atomic E-state index is 0.162. The summed E-state index contributed by atoms with van der Waals surface area (Å²) in [6.45, 7) is 3.82. The van der Waals surface area contributed by atoms with Crippen LogP contribution in [0.3, 0.4) is 0 Å². The van der Waals surface area contributed by atoms with Gasteiger partial charge in [0.05, 0.1) is 23.9 Å². The standard InChI is InChI=1S/C26H28N2O3/c1-16-12-19(14-23(31-2)25(16)29)18-8-9-22-20(13-18)24(28-10-4-3-5-11-28)21(15-27-22)26(30)17-6-7-17/h8-9,12-15,17,29H,3-7,10-11H2,1-2H3. The summed E-state index contributed by atoms with van der Waals surface area (Å²) in [6.07, 6.45) is 7.30. The van der Waals surface area contributed by atoms with Gasteiger partial charge in [0.2, 0.25) is 0 Å². The van der Waals surface area contributed by atoms with Crippen LogP contribution in [0.25, 0.3) is 22.0 Å². The number of benzene rings is 2. The van der Waals surface area contributed by atoms with Crippen LogP contribution >= 0.6 is 0 Å². The Balaban J connectivity index is 1.69. The second-order valence-corrected chi connectivity index (χ2v) is 8.78.